The fraction of sp³-hybridized carbons (Fsp3) is 0.565. The molecule has 1 aliphatic carbocycles. The summed E-state index contributed by atoms with van der Waals surface area (Å²) in [5, 5.41) is 16.6. The number of fused-ring (bicyclic) bond motifs is 1. The van der Waals surface area contributed by atoms with Gasteiger partial charge in [0.2, 0.25) is 11.5 Å². The lowest BCUT2D eigenvalue weighted by Crippen LogP contribution is -2.46. The van der Waals surface area contributed by atoms with Crippen molar-refractivity contribution in [3.05, 3.63) is 33.3 Å². The number of rotatable bonds is 7. The van der Waals surface area contributed by atoms with E-state index < -0.39 is 35.7 Å². The second kappa shape index (κ2) is 9.19. The molecule has 11 heteroatoms. The zero-order valence-corrected chi connectivity index (χ0v) is 19.5. The second-order valence-electron chi connectivity index (χ2n) is 9.47. The number of halogens is 2. The van der Waals surface area contributed by atoms with Crippen LogP contribution in [0.1, 0.15) is 61.1 Å². The Morgan fingerprint density at radius 2 is 2.00 bits per heavy atom. The normalized spacial score (nSPS) is 18.7. The second-order valence-corrected chi connectivity index (χ2v) is 9.47. The molecular formula is C23H30F2N5O4+. The van der Waals surface area contributed by atoms with Crippen molar-refractivity contribution in [2.75, 3.05) is 6.54 Å². The molecule has 0 unspecified atom stereocenters. The van der Waals surface area contributed by atoms with Gasteiger partial charge in [-0.1, -0.05) is 18.4 Å². The summed E-state index contributed by atoms with van der Waals surface area (Å²) in [5.74, 6) is -1.57. The van der Waals surface area contributed by atoms with E-state index >= 15 is 0 Å². The number of nitrogens with one attached hydrogen (secondary N) is 2. The molecule has 0 aromatic carbocycles. The van der Waals surface area contributed by atoms with E-state index in [4.69, 9.17) is 0 Å². The highest BCUT2D eigenvalue weighted by molar-refractivity contribution is 5.96. The Labute approximate surface area is 195 Å². The van der Waals surface area contributed by atoms with Crippen LogP contribution in [0, 0.1) is 12.8 Å². The third-order valence-electron chi connectivity index (χ3n) is 6.24. The third-order valence-corrected chi connectivity index (χ3v) is 6.24. The number of carbonyl (C=O) groups is 2. The van der Waals surface area contributed by atoms with Gasteiger partial charge in [0.1, 0.15) is 0 Å². The number of aryl methyl sites for hydroxylation is 1. The molecule has 1 saturated carbocycles. The van der Waals surface area contributed by atoms with E-state index in [1.54, 1.807) is 6.92 Å². The molecule has 1 atom stereocenters. The number of nitrogens with zero attached hydrogens (tertiary/aromatic N) is 3. The maximum Gasteiger partial charge on any atom is 0.378 e. The van der Waals surface area contributed by atoms with Crippen molar-refractivity contribution in [3.63, 3.8) is 0 Å². The average Bonchev–Trinajstić information content (AvgIpc) is 3.31. The molecule has 2 fully saturated rings. The maximum atomic E-state index is 13.3. The van der Waals surface area contributed by atoms with Crippen molar-refractivity contribution < 1.29 is 28.0 Å². The average molecular weight is 479 g/mol. The van der Waals surface area contributed by atoms with Gasteiger partial charge in [0.15, 0.2) is 0 Å². The molecule has 2 aromatic heterocycles. The molecule has 2 amide bonds. The molecule has 4 rings (SSSR count). The molecule has 9 nitrogen and oxygen atoms in total. The summed E-state index contributed by atoms with van der Waals surface area (Å²) in [5.41, 5.74) is 0.187. The highest BCUT2D eigenvalue weighted by atomic mass is 19.3. The number of aromatic nitrogens is 3. The van der Waals surface area contributed by atoms with Crippen LogP contribution in [0.4, 0.5) is 8.78 Å². The molecular weight excluding hydrogens is 448 g/mol. The molecule has 0 radical (unpaired) electrons. The fourth-order valence-electron chi connectivity index (χ4n) is 4.42. The van der Waals surface area contributed by atoms with Crippen LogP contribution >= 0.6 is 0 Å². The number of likely N-dealkylation sites (tertiary alicyclic amines) is 1. The molecule has 2 aromatic rings. The van der Waals surface area contributed by atoms with Crippen LogP contribution in [0.25, 0.3) is 11.7 Å². The van der Waals surface area contributed by atoms with Gasteiger partial charge in [-0.3, -0.25) is 9.59 Å². The van der Waals surface area contributed by atoms with Gasteiger partial charge in [-0.15, -0.1) is 0 Å². The zero-order valence-electron chi connectivity index (χ0n) is 19.5. The summed E-state index contributed by atoms with van der Waals surface area (Å²) in [6.07, 6.45) is 2.50. The van der Waals surface area contributed by atoms with E-state index in [0.717, 1.165) is 17.7 Å². The van der Waals surface area contributed by atoms with E-state index in [0.29, 0.717) is 24.2 Å². The van der Waals surface area contributed by atoms with Crippen LogP contribution in [-0.4, -0.2) is 56.5 Å². The fourth-order valence-corrected chi connectivity index (χ4v) is 4.42. The Morgan fingerprint density at radius 1 is 1.29 bits per heavy atom. The quantitative estimate of drug-likeness (QED) is 0.416. The van der Waals surface area contributed by atoms with E-state index in [-0.39, 0.29) is 36.1 Å². The molecule has 3 heterocycles. The first-order valence-electron chi connectivity index (χ1n) is 11.6. The van der Waals surface area contributed by atoms with E-state index in [9.17, 15) is 28.3 Å². The minimum absolute atomic E-state index is 0.00285. The topological polar surface area (TPSA) is 111 Å². The molecule has 1 aliphatic heterocycles. The highest BCUT2D eigenvalue weighted by Crippen LogP contribution is 2.24. The lowest BCUT2D eigenvalue weighted by molar-refractivity contribution is -0.686. The molecule has 184 valence electrons. The maximum absolute atomic E-state index is 13.3. The third kappa shape index (κ3) is 4.43. The first kappa shape index (κ1) is 23.9. The van der Waals surface area contributed by atoms with E-state index in [2.05, 4.69) is 10.4 Å². The Hall–Kier alpha value is -3.24. The predicted octanol–water partition coefficient (Wildman–Crippen LogP) is 1.75. The molecule has 0 bridgehead atoms. The molecule has 0 spiro atoms. The van der Waals surface area contributed by atoms with Crippen LogP contribution in [0.2, 0.25) is 0 Å². The Kier molecular flexibility index (Phi) is 6.46. The first-order chi connectivity index (χ1) is 16.1. The summed E-state index contributed by atoms with van der Waals surface area (Å²) < 4.78 is 29.2. The van der Waals surface area contributed by atoms with Gasteiger partial charge in [-0.2, -0.15) is 4.57 Å². The van der Waals surface area contributed by atoms with Gasteiger partial charge in [-0.25, -0.2) is 18.7 Å². The van der Waals surface area contributed by atoms with Gasteiger partial charge in [0.05, 0.1) is 23.8 Å². The van der Waals surface area contributed by atoms with Crippen LogP contribution < -0.4 is 15.4 Å². The molecule has 3 N–H and O–H groups in total. The van der Waals surface area contributed by atoms with E-state index in [1.807, 2.05) is 13.8 Å². The van der Waals surface area contributed by atoms with Crippen LogP contribution in [-0.2, 0) is 11.3 Å². The molecule has 1 saturated heterocycles. The summed E-state index contributed by atoms with van der Waals surface area (Å²) in [4.78, 5) is 39.7. The number of carbonyl (C=O) groups excluding carboxylic acids is 2. The van der Waals surface area contributed by atoms with Gasteiger partial charge >= 0.3 is 17.1 Å². The van der Waals surface area contributed by atoms with Crippen molar-refractivity contribution in [2.45, 2.75) is 71.5 Å². The summed E-state index contributed by atoms with van der Waals surface area (Å²) >= 11 is 0. The molecule has 34 heavy (non-hydrogen) atoms. The Balaban J connectivity index is 1.79. The zero-order chi connectivity index (χ0) is 24.7. The van der Waals surface area contributed by atoms with Gasteiger partial charge in [0, 0.05) is 18.7 Å². The van der Waals surface area contributed by atoms with Gasteiger partial charge in [-0.05, 0) is 44.6 Å². The highest BCUT2D eigenvalue weighted by Gasteiger charge is 2.36. The number of aromatic amines is 1. The Morgan fingerprint density at radius 3 is 2.62 bits per heavy atom. The number of amides is 2. The number of hydrogen-bond donors (Lipinski definition) is 3. The monoisotopic (exact) mass is 478 g/mol. The first-order valence-corrected chi connectivity index (χ1v) is 11.6. The standard InChI is InChI=1S/C23H29F2N5O4/c1-12(2)11-29-21-15(8-9-17(31)28-10-4-5-16(28)19(24)25)13(3)27-30(21)23(34)18(22(29)33)20(32)26-14-6-7-14/h8-9,12,14,16,19H,4-7,10-11H2,1-3H3,(H2,26,32,33,34)/p+1/b9-8+/t16-/m1/s1. The van der Waals surface area contributed by atoms with Gasteiger partial charge < -0.3 is 15.3 Å². The van der Waals surface area contributed by atoms with Crippen molar-refractivity contribution in [3.8, 4) is 5.88 Å². The molecule has 2 aliphatic rings. The minimum Gasteiger partial charge on any atom is -0.477 e. The lowest BCUT2D eigenvalue weighted by Gasteiger charge is -2.22. The van der Waals surface area contributed by atoms with Crippen molar-refractivity contribution in [1.82, 2.24) is 19.8 Å². The SMILES string of the molecule is Cc1[nH]n2c(=O)c(C(=O)NC3CC3)c(O)[n+](CC(C)C)c2c1/C=C/C(=O)N1CCC[C@@H]1C(F)F. The number of aromatic hydroxyl groups is 1. The largest absolute Gasteiger partial charge is 0.477 e. The van der Waals surface area contributed by atoms with Crippen LogP contribution in [0.5, 0.6) is 5.88 Å². The summed E-state index contributed by atoms with van der Waals surface area (Å²) in [7, 11) is 0. The number of alkyl halides is 2. The lowest BCUT2D eigenvalue weighted by atomic mass is 10.1. The van der Waals surface area contributed by atoms with Crippen LogP contribution in [0.3, 0.4) is 0 Å². The van der Waals surface area contributed by atoms with Crippen molar-refractivity contribution >= 4 is 23.5 Å². The number of H-pyrrole nitrogens is 1. The van der Waals surface area contributed by atoms with E-state index in [1.165, 1.54) is 21.2 Å². The summed E-state index contributed by atoms with van der Waals surface area (Å²) in [6.45, 7) is 6.10. The predicted molar refractivity (Wildman–Crippen MR) is 120 cm³/mol. The van der Waals surface area contributed by atoms with Gasteiger partial charge in [0.25, 0.3) is 12.3 Å². The van der Waals surface area contributed by atoms with Crippen molar-refractivity contribution in [2.24, 2.45) is 5.92 Å². The summed E-state index contributed by atoms with van der Waals surface area (Å²) in [6, 6.07) is -1.10. The van der Waals surface area contributed by atoms with Crippen LogP contribution in [0.15, 0.2) is 10.9 Å². The Bertz CT molecular complexity index is 1210. The minimum atomic E-state index is -2.61. The number of hydrogen-bond acceptors (Lipinski definition) is 4. The smallest absolute Gasteiger partial charge is 0.378 e. The van der Waals surface area contributed by atoms with Crippen molar-refractivity contribution in [1.29, 1.82) is 0 Å².